The highest BCUT2D eigenvalue weighted by Crippen LogP contribution is 2.35. The minimum atomic E-state index is -0.358. The molecule has 0 aromatic heterocycles. The van der Waals surface area contributed by atoms with Crippen molar-refractivity contribution in [3.63, 3.8) is 0 Å². The van der Waals surface area contributed by atoms with Crippen LogP contribution in [0.4, 0.5) is 5.69 Å². The lowest BCUT2D eigenvalue weighted by Gasteiger charge is -2.34. The minimum Gasteiger partial charge on any atom is -0.497 e. The third kappa shape index (κ3) is 1.89. The maximum atomic E-state index is 12.0. The van der Waals surface area contributed by atoms with Crippen molar-refractivity contribution in [2.45, 2.75) is 31.8 Å². The van der Waals surface area contributed by atoms with Gasteiger partial charge in [-0.15, -0.1) is 0 Å². The zero-order chi connectivity index (χ0) is 12.6. The van der Waals surface area contributed by atoms with Crippen LogP contribution < -0.4 is 15.4 Å². The standard InChI is InChI=1S/C13H18N2O2/c1-13(2)11(14)8-12(16)15(13)9-5-4-6-10(7-9)17-3/h4-7,11H,8,14H2,1-3H3. The number of nitrogens with two attached hydrogens (primary N) is 1. The first-order valence-electron chi connectivity index (χ1n) is 5.69. The molecule has 1 heterocycles. The number of hydrogen-bond acceptors (Lipinski definition) is 3. The summed E-state index contributed by atoms with van der Waals surface area (Å²) in [5.41, 5.74) is 6.49. The Balaban J connectivity index is 2.41. The Morgan fingerprint density at radius 3 is 2.71 bits per heavy atom. The summed E-state index contributed by atoms with van der Waals surface area (Å²) in [7, 11) is 1.61. The molecule has 2 rings (SSSR count). The van der Waals surface area contributed by atoms with Gasteiger partial charge in [-0.25, -0.2) is 0 Å². The number of ether oxygens (including phenoxy) is 1. The number of benzene rings is 1. The van der Waals surface area contributed by atoms with Crippen molar-refractivity contribution in [2.24, 2.45) is 5.73 Å². The summed E-state index contributed by atoms with van der Waals surface area (Å²) in [6, 6.07) is 7.36. The number of anilines is 1. The van der Waals surface area contributed by atoms with E-state index in [1.807, 2.05) is 38.1 Å². The molecule has 1 aliphatic heterocycles. The average Bonchev–Trinajstić information content (AvgIpc) is 2.48. The van der Waals surface area contributed by atoms with E-state index < -0.39 is 0 Å². The van der Waals surface area contributed by atoms with Crippen LogP contribution in [-0.2, 0) is 4.79 Å². The predicted octanol–water partition coefficient (Wildman–Crippen LogP) is 1.54. The summed E-state index contributed by atoms with van der Waals surface area (Å²) in [6.45, 7) is 3.98. The van der Waals surface area contributed by atoms with Gasteiger partial charge < -0.3 is 15.4 Å². The summed E-state index contributed by atoms with van der Waals surface area (Å²) in [6.07, 6.45) is 0.393. The van der Waals surface area contributed by atoms with E-state index in [9.17, 15) is 4.79 Å². The normalized spacial score (nSPS) is 22.9. The predicted molar refractivity (Wildman–Crippen MR) is 67.2 cm³/mol. The Labute approximate surface area is 101 Å². The summed E-state index contributed by atoms with van der Waals surface area (Å²) >= 11 is 0. The van der Waals surface area contributed by atoms with E-state index in [1.165, 1.54) is 0 Å². The van der Waals surface area contributed by atoms with Crippen molar-refractivity contribution >= 4 is 11.6 Å². The fourth-order valence-electron chi connectivity index (χ4n) is 2.24. The highest BCUT2D eigenvalue weighted by atomic mass is 16.5. The number of carbonyl (C=O) groups excluding carboxylic acids is 1. The van der Waals surface area contributed by atoms with E-state index in [1.54, 1.807) is 12.0 Å². The van der Waals surface area contributed by atoms with Gasteiger partial charge in [0.25, 0.3) is 0 Å². The van der Waals surface area contributed by atoms with Crippen molar-refractivity contribution < 1.29 is 9.53 Å². The first-order valence-corrected chi connectivity index (χ1v) is 5.69. The van der Waals surface area contributed by atoms with Gasteiger partial charge in [-0.3, -0.25) is 4.79 Å². The molecule has 1 fully saturated rings. The maximum Gasteiger partial charge on any atom is 0.229 e. The topological polar surface area (TPSA) is 55.6 Å². The number of rotatable bonds is 2. The van der Waals surface area contributed by atoms with Crippen LogP contribution in [0.15, 0.2) is 24.3 Å². The summed E-state index contributed by atoms with van der Waals surface area (Å²) in [5.74, 6) is 0.808. The molecular formula is C13H18N2O2. The second-order valence-electron chi connectivity index (χ2n) is 4.89. The summed E-state index contributed by atoms with van der Waals surface area (Å²) in [5, 5.41) is 0. The van der Waals surface area contributed by atoms with E-state index in [4.69, 9.17) is 10.5 Å². The van der Waals surface area contributed by atoms with Crippen LogP contribution in [0, 0.1) is 0 Å². The van der Waals surface area contributed by atoms with Gasteiger partial charge in [0.15, 0.2) is 0 Å². The first-order chi connectivity index (χ1) is 7.96. The van der Waals surface area contributed by atoms with Gasteiger partial charge in [-0.1, -0.05) is 6.07 Å². The molecular weight excluding hydrogens is 216 g/mol. The molecule has 0 saturated carbocycles. The highest BCUT2D eigenvalue weighted by Gasteiger charge is 2.45. The smallest absolute Gasteiger partial charge is 0.229 e. The number of carbonyl (C=O) groups is 1. The van der Waals surface area contributed by atoms with Crippen LogP contribution >= 0.6 is 0 Å². The van der Waals surface area contributed by atoms with E-state index in [2.05, 4.69) is 0 Å². The molecule has 4 nitrogen and oxygen atoms in total. The molecule has 17 heavy (non-hydrogen) atoms. The van der Waals surface area contributed by atoms with Crippen LogP contribution in [-0.4, -0.2) is 24.6 Å². The molecule has 1 aromatic rings. The molecule has 1 saturated heterocycles. The Morgan fingerprint density at radius 1 is 1.47 bits per heavy atom. The Hall–Kier alpha value is -1.55. The second-order valence-corrected chi connectivity index (χ2v) is 4.89. The molecule has 0 spiro atoms. The van der Waals surface area contributed by atoms with Crippen LogP contribution in [0.3, 0.4) is 0 Å². The van der Waals surface area contributed by atoms with E-state index in [0.717, 1.165) is 11.4 Å². The maximum absolute atomic E-state index is 12.0. The molecule has 1 atom stereocenters. The average molecular weight is 234 g/mol. The van der Waals surface area contributed by atoms with Gasteiger partial charge in [0, 0.05) is 24.2 Å². The molecule has 1 aromatic carbocycles. The zero-order valence-corrected chi connectivity index (χ0v) is 10.4. The zero-order valence-electron chi connectivity index (χ0n) is 10.4. The lowest BCUT2D eigenvalue weighted by Crippen LogP contribution is -2.49. The first kappa shape index (κ1) is 11.9. The second kappa shape index (κ2) is 4.04. The fourth-order valence-corrected chi connectivity index (χ4v) is 2.24. The van der Waals surface area contributed by atoms with Gasteiger partial charge in [-0.05, 0) is 26.0 Å². The van der Waals surface area contributed by atoms with Gasteiger partial charge in [0.05, 0.1) is 12.6 Å². The number of nitrogens with zero attached hydrogens (tertiary/aromatic N) is 1. The molecule has 1 amide bonds. The minimum absolute atomic E-state index is 0.0655. The molecule has 0 bridgehead atoms. The number of methoxy groups -OCH3 is 1. The van der Waals surface area contributed by atoms with Gasteiger partial charge in [0.1, 0.15) is 5.75 Å². The Morgan fingerprint density at radius 2 is 2.18 bits per heavy atom. The van der Waals surface area contributed by atoms with Crippen molar-refractivity contribution in [1.82, 2.24) is 0 Å². The van der Waals surface area contributed by atoms with Crippen molar-refractivity contribution in [2.75, 3.05) is 12.0 Å². The molecule has 1 aliphatic rings. The van der Waals surface area contributed by atoms with Gasteiger partial charge in [-0.2, -0.15) is 0 Å². The molecule has 92 valence electrons. The van der Waals surface area contributed by atoms with Crippen molar-refractivity contribution in [1.29, 1.82) is 0 Å². The monoisotopic (exact) mass is 234 g/mol. The van der Waals surface area contributed by atoms with E-state index in [-0.39, 0.29) is 17.5 Å². The Kier molecular flexibility index (Phi) is 2.83. The molecule has 0 radical (unpaired) electrons. The quantitative estimate of drug-likeness (QED) is 0.844. The summed E-state index contributed by atoms with van der Waals surface area (Å²) < 4.78 is 5.18. The fraction of sp³-hybridized carbons (Fsp3) is 0.462. The lowest BCUT2D eigenvalue weighted by molar-refractivity contribution is -0.117. The van der Waals surface area contributed by atoms with Gasteiger partial charge in [0.2, 0.25) is 5.91 Å². The molecule has 2 N–H and O–H groups in total. The van der Waals surface area contributed by atoms with Gasteiger partial charge >= 0.3 is 0 Å². The molecule has 1 unspecified atom stereocenters. The number of hydrogen-bond donors (Lipinski definition) is 1. The Bertz CT molecular complexity index is 443. The summed E-state index contributed by atoms with van der Waals surface area (Å²) in [4.78, 5) is 13.8. The van der Waals surface area contributed by atoms with Crippen LogP contribution in [0.2, 0.25) is 0 Å². The molecule has 0 aliphatic carbocycles. The number of amides is 1. The largest absolute Gasteiger partial charge is 0.497 e. The van der Waals surface area contributed by atoms with Crippen LogP contribution in [0.5, 0.6) is 5.75 Å². The van der Waals surface area contributed by atoms with E-state index >= 15 is 0 Å². The third-order valence-electron chi connectivity index (χ3n) is 3.44. The van der Waals surface area contributed by atoms with Crippen LogP contribution in [0.1, 0.15) is 20.3 Å². The van der Waals surface area contributed by atoms with E-state index in [0.29, 0.717) is 6.42 Å². The SMILES string of the molecule is COc1cccc(N2C(=O)CC(N)C2(C)C)c1. The molecule has 4 heteroatoms. The lowest BCUT2D eigenvalue weighted by atomic mass is 9.96. The van der Waals surface area contributed by atoms with Crippen LogP contribution in [0.25, 0.3) is 0 Å². The third-order valence-corrected chi connectivity index (χ3v) is 3.44. The van der Waals surface area contributed by atoms with Crippen molar-refractivity contribution in [3.05, 3.63) is 24.3 Å². The highest BCUT2D eigenvalue weighted by molar-refractivity contribution is 5.98. The van der Waals surface area contributed by atoms with Crippen molar-refractivity contribution in [3.8, 4) is 5.75 Å².